The summed E-state index contributed by atoms with van der Waals surface area (Å²) in [6.07, 6.45) is -0.619. The maximum absolute atomic E-state index is 12.8. The molecule has 4 nitrogen and oxygen atoms in total. The summed E-state index contributed by atoms with van der Waals surface area (Å²) in [5.41, 5.74) is 4.42. The van der Waals surface area contributed by atoms with Gasteiger partial charge in [-0.3, -0.25) is 4.79 Å². The van der Waals surface area contributed by atoms with Gasteiger partial charge in [-0.25, -0.2) is 5.01 Å². The maximum atomic E-state index is 12.8. The Morgan fingerprint density at radius 2 is 1.74 bits per heavy atom. The molecule has 1 amide bonds. The van der Waals surface area contributed by atoms with Crippen molar-refractivity contribution in [2.75, 3.05) is 13.1 Å². The van der Waals surface area contributed by atoms with E-state index in [1.807, 2.05) is 77.5 Å². The van der Waals surface area contributed by atoms with Gasteiger partial charge in [0.05, 0.1) is 6.54 Å². The Labute approximate surface area is 181 Å². The molecule has 1 N–H and O–H groups in total. The van der Waals surface area contributed by atoms with Crippen LogP contribution in [-0.4, -0.2) is 36.0 Å². The van der Waals surface area contributed by atoms with Gasteiger partial charge in [-0.05, 0) is 57.3 Å². The van der Waals surface area contributed by atoms with Crippen LogP contribution in [0.25, 0.3) is 23.3 Å². The van der Waals surface area contributed by atoms with Crippen molar-refractivity contribution in [3.8, 4) is 11.1 Å². The molecule has 2 aromatic carbocycles. The zero-order valence-corrected chi connectivity index (χ0v) is 17.1. The van der Waals surface area contributed by atoms with E-state index in [1.54, 1.807) is 11.3 Å². The average molecular weight is 441 g/mol. The van der Waals surface area contributed by atoms with Crippen LogP contribution >= 0.6 is 11.3 Å². The molecule has 0 fully saturated rings. The molecule has 3 aromatic rings. The van der Waals surface area contributed by atoms with Gasteiger partial charge in [0, 0.05) is 5.56 Å². The summed E-state index contributed by atoms with van der Waals surface area (Å²) < 4.78 is 38.5. The van der Waals surface area contributed by atoms with Crippen LogP contribution in [0.5, 0.6) is 0 Å². The molecule has 8 heteroatoms. The summed E-state index contributed by atoms with van der Waals surface area (Å²) in [6, 6.07) is 17.5. The molecule has 0 bridgehead atoms. The third-order valence-corrected chi connectivity index (χ3v) is 5.28. The largest absolute Gasteiger partial charge is 0.408 e. The van der Waals surface area contributed by atoms with Gasteiger partial charge in [0.2, 0.25) is 0 Å². The van der Waals surface area contributed by atoms with E-state index in [4.69, 9.17) is 0 Å². The van der Waals surface area contributed by atoms with E-state index in [-0.39, 0.29) is 12.4 Å². The monoisotopic (exact) mass is 441 g/mol. The fraction of sp³-hybridized carbons (Fsp3) is 0.130. The van der Waals surface area contributed by atoms with Gasteiger partial charge in [-0.15, -0.1) is 0 Å². The minimum Gasteiger partial charge on any atom is -0.359 e. The zero-order chi connectivity index (χ0) is 21.8. The number of nitrogens with one attached hydrogen (secondary N) is 1. The molecule has 0 radical (unpaired) electrons. The van der Waals surface area contributed by atoms with Crippen molar-refractivity contribution in [1.29, 1.82) is 0 Å². The Bertz CT molecular complexity index is 1120. The van der Waals surface area contributed by atoms with Gasteiger partial charge < -0.3 is 5.32 Å². The standard InChI is InChI=1S/C23H18F3N3OS/c24-23(25,26)15-29-21(30)13-27-22(28-29)20-11-17(7-6-16-4-2-1-3-5-16)10-19(12-20)18-8-9-31-14-18/h1-12,14H,13,15H2,(H,27,28). The molecular weight excluding hydrogens is 423 g/mol. The Hall–Kier alpha value is -3.39. The number of hydrogen-bond acceptors (Lipinski definition) is 4. The second-order valence-electron chi connectivity index (χ2n) is 6.97. The number of halogens is 3. The topological polar surface area (TPSA) is 44.7 Å². The van der Waals surface area contributed by atoms with Gasteiger partial charge >= 0.3 is 6.18 Å². The minimum absolute atomic E-state index is 0.232. The number of hydrogen-bond donors (Lipinski definition) is 1. The number of carbonyl (C=O) groups excluding carboxylic acids is 1. The van der Waals surface area contributed by atoms with E-state index in [0.29, 0.717) is 10.6 Å². The second kappa shape index (κ2) is 8.77. The Kier molecular flexibility index (Phi) is 5.90. The van der Waals surface area contributed by atoms with Crippen LogP contribution in [0, 0.1) is 0 Å². The SMILES string of the molecule is O=C1CNC(c2cc(C=Cc3ccccc3)cc(-c3ccsc3)c2)=NN1CC(F)(F)F. The van der Waals surface area contributed by atoms with Gasteiger partial charge in [0.15, 0.2) is 5.84 Å². The molecule has 0 aliphatic carbocycles. The van der Waals surface area contributed by atoms with Crippen LogP contribution in [0.3, 0.4) is 0 Å². The summed E-state index contributed by atoms with van der Waals surface area (Å²) in [5, 5.41) is 11.2. The number of hydrazone groups is 1. The van der Waals surface area contributed by atoms with Gasteiger partial charge in [-0.1, -0.05) is 42.5 Å². The molecule has 2 heterocycles. The summed E-state index contributed by atoms with van der Waals surface area (Å²) in [6.45, 7) is -1.66. The molecule has 0 unspecified atom stereocenters. The van der Waals surface area contributed by atoms with Crippen LogP contribution in [0.2, 0.25) is 0 Å². The van der Waals surface area contributed by atoms with E-state index in [0.717, 1.165) is 22.3 Å². The number of amides is 1. The highest BCUT2D eigenvalue weighted by Gasteiger charge is 2.35. The molecule has 1 aliphatic rings. The molecule has 1 aromatic heterocycles. The highest BCUT2D eigenvalue weighted by atomic mass is 32.1. The van der Waals surface area contributed by atoms with Crippen molar-refractivity contribution < 1.29 is 18.0 Å². The van der Waals surface area contributed by atoms with Crippen molar-refractivity contribution >= 4 is 35.2 Å². The lowest BCUT2D eigenvalue weighted by Gasteiger charge is -2.25. The third-order valence-electron chi connectivity index (χ3n) is 4.60. The lowest BCUT2D eigenvalue weighted by molar-refractivity contribution is -0.161. The lowest BCUT2D eigenvalue weighted by Crippen LogP contribution is -2.47. The first-order chi connectivity index (χ1) is 14.9. The van der Waals surface area contributed by atoms with Crippen molar-refractivity contribution in [2.24, 2.45) is 5.10 Å². The third kappa shape index (κ3) is 5.40. The summed E-state index contributed by atoms with van der Waals surface area (Å²) in [7, 11) is 0. The molecule has 0 spiro atoms. The summed E-state index contributed by atoms with van der Waals surface area (Å²) in [5.74, 6) is -0.491. The predicted molar refractivity (Wildman–Crippen MR) is 117 cm³/mol. The van der Waals surface area contributed by atoms with Gasteiger partial charge in [0.1, 0.15) is 6.54 Å². The van der Waals surface area contributed by atoms with Gasteiger partial charge in [0.25, 0.3) is 5.91 Å². The highest BCUT2D eigenvalue weighted by Crippen LogP contribution is 2.26. The van der Waals surface area contributed by atoms with Crippen LogP contribution in [-0.2, 0) is 4.79 Å². The average Bonchev–Trinajstić information content (AvgIpc) is 3.28. The normalized spacial score (nSPS) is 14.6. The lowest BCUT2D eigenvalue weighted by atomic mass is 10.00. The first-order valence-electron chi connectivity index (χ1n) is 9.48. The molecule has 1 aliphatic heterocycles. The maximum Gasteiger partial charge on any atom is 0.408 e. The van der Waals surface area contributed by atoms with Crippen LogP contribution in [0.1, 0.15) is 16.7 Å². The zero-order valence-electron chi connectivity index (χ0n) is 16.3. The van der Waals surface area contributed by atoms with E-state index >= 15 is 0 Å². The van der Waals surface area contributed by atoms with Crippen molar-refractivity contribution in [2.45, 2.75) is 6.18 Å². The molecular formula is C23H18F3N3OS. The number of amidine groups is 1. The van der Waals surface area contributed by atoms with Crippen LogP contribution in [0.15, 0.2) is 70.5 Å². The number of carbonyl (C=O) groups is 1. The van der Waals surface area contributed by atoms with Crippen molar-refractivity contribution in [3.05, 3.63) is 82.0 Å². The predicted octanol–water partition coefficient (Wildman–Crippen LogP) is 5.24. The second-order valence-corrected chi connectivity index (χ2v) is 7.75. The molecule has 0 saturated carbocycles. The summed E-state index contributed by atoms with van der Waals surface area (Å²) in [4.78, 5) is 11.9. The van der Waals surface area contributed by atoms with E-state index < -0.39 is 18.6 Å². The van der Waals surface area contributed by atoms with E-state index in [9.17, 15) is 18.0 Å². The number of nitrogens with zero attached hydrogens (tertiary/aromatic N) is 2. The number of benzene rings is 2. The molecule has 0 saturated heterocycles. The number of alkyl halides is 3. The van der Waals surface area contributed by atoms with E-state index in [1.165, 1.54) is 0 Å². The van der Waals surface area contributed by atoms with Crippen molar-refractivity contribution in [3.63, 3.8) is 0 Å². The number of thiophene rings is 1. The molecule has 31 heavy (non-hydrogen) atoms. The number of rotatable bonds is 5. The van der Waals surface area contributed by atoms with Crippen LogP contribution in [0.4, 0.5) is 13.2 Å². The summed E-state index contributed by atoms with van der Waals surface area (Å²) >= 11 is 1.56. The van der Waals surface area contributed by atoms with E-state index in [2.05, 4.69) is 10.4 Å². The van der Waals surface area contributed by atoms with Gasteiger partial charge in [-0.2, -0.15) is 29.6 Å². The molecule has 158 valence electrons. The first-order valence-corrected chi connectivity index (χ1v) is 10.4. The molecule has 0 atom stereocenters. The Morgan fingerprint density at radius 1 is 1.00 bits per heavy atom. The molecule has 4 rings (SSSR count). The highest BCUT2D eigenvalue weighted by molar-refractivity contribution is 7.08. The first kappa shape index (κ1) is 20.9. The van der Waals surface area contributed by atoms with Crippen LogP contribution < -0.4 is 5.32 Å². The minimum atomic E-state index is -4.52. The fourth-order valence-corrected chi connectivity index (χ4v) is 3.82. The Morgan fingerprint density at radius 3 is 2.45 bits per heavy atom. The fourth-order valence-electron chi connectivity index (χ4n) is 3.15. The smallest absolute Gasteiger partial charge is 0.359 e. The quantitative estimate of drug-likeness (QED) is 0.551. The Balaban J connectivity index is 1.72. The van der Waals surface area contributed by atoms with Crippen molar-refractivity contribution in [1.82, 2.24) is 10.3 Å².